The molecule has 1 heterocycles. The first-order valence-electron chi connectivity index (χ1n) is 7.50. The zero-order valence-electron chi connectivity index (χ0n) is 13.2. The summed E-state index contributed by atoms with van der Waals surface area (Å²) in [5.74, 6) is 2.61. The van der Waals surface area contributed by atoms with Crippen molar-refractivity contribution in [3.8, 4) is 11.5 Å². The number of benzene rings is 1. The predicted molar refractivity (Wildman–Crippen MR) is 93.9 cm³/mol. The third-order valence-electron chi connectivity index (χ3n) is 4.37. The lowest BCUT2D eigenvalue weighted by Gasteiger charge is -2.36. The average molecular weight is 349 g/mol. The molecular formula is C16H26Cl2N2O2. The van der Waals surface area contributed by atoms with Crippen molar-refractivity contribution >= 4 is 24.8 Å². The fourth-order valence-corrected chi connectivity index (χ4v) is 3.18. The standard InChI is InChI=1S/C16H24N2O2.2ClH/c1-19-13-5-6-14(15(11-13)20-2)16(12-3-4-12)18-9-7-17-8-10-18;;/h5-6,11-12,16-17H,3-4,7-10H2,1-2H3;2*1H/t16-;;/m0../s1. The van der Waals surface area contributed by atoms with Crippen molar-refractivity contribution < 1.29 is 9.47 Å². The van der Waals surface area contributed by atoms with Crippen molar-refractivity contribution in [3.05, 3.63) is 23.8 Å². The first-order valence-corrected chi connectivity index (χ1v) is 7.50. The van der Waals surface area contributed by atoms with Crippen molar-refractivity contribution in [2.24, 2.45) is 5.92 Å². The molecule has 0 unspecified atom stereocenters. The molecule has 1 aliphatic heterocycles. The van der Waals surface area contributed by atoms with Gasteiger partial charge in [-0.05, 0) is 24.8 Å². The van der Waals surface area contributed by atoms with E-state index in [-0.39, 0.29) is 24.8 Å². The Labute approximate surface area is 145 Å². The van der Waals surface area contributed by atoms with Crippen LogP contribution in [0, 0.1) is 5.92 Å². The maximum Gasteiger partial charge on any atom is 0.127 e. The highest BCUT2D eigenvalue weighted by atomic mass is 35.5. The molecule has 1 saturated heterocycles. The van der Waals surface area contributed by atoms with E-state index in [4.69, 9.17) is 9.47 Å². The summed E-state index contributed by atoms with van der Waals surface area (Å²) in [4.78, 5) is 2.61. The first-order chi connectivity index (χ1) is 9.83. The van der Waals surface area contributed by atoms with E-state index >= 15 is 0 Å². The SMILES string of the molecule is COc1ccc([C@H](C2CC2)N2CCNCC2)c(OC)c1.Cl.Cl. The molecule has 6 heteroatoms. The van der Waals surface area contributed by atoms with Crippen molar-refractivity contribution in [3.63, 3.8) is 0 Å². The summed E-state index contributed by atoms with van der Waals surface area (Å²) in [6.45, 7) is 4.41. The second-order valence-corrected chi connectivity index (χ2v) is 5.68. The molecule has 1 aromatic carbocycles. The predicted octanol–water partition coefficient (Wildman–Crippen LogP) is 2.90. The van der Waals surface area contributed by atoms with Crippen LogP contribution in [0.4, 0.5) is 0 Å². The Morgan fingerprint density at radius 2 is 1.77 bits per heavy atom. The summed E-state index contributed by atoms with van der Waals surface area (Å²) in [7, 11) is 3.45. The third-order valence-corrected chi connectivity index (χ3v) is 4.37. The highest BCUT2D eigenvalue weighted by Gasteiger charge is 2.38. The van der Waals surface area contributed by atoms with Gasteiger partial charge in [0.25, 0.3) is 0 Å². The van der Waals surface area contributed by atoms with Crippen LogP contribution in [-0.2, 0) is 0 Å². The number of hydrogen-bond acceptors (Lipinski definition) is 4. The van der Waals surface area contributed by atoms with E-state index in [0.717, 1.165) is 43.6 Å². The first kappa shape index (κ1) is 19.4. The van der Waals surface area contributed by atoms with E-state index in [2.05, 4.69) is 22.3 Å². The number of nitrogens with one attached hydrogen (secondary N) is 1. The Hall–Kier alpha value is -0.680. The number of piperazine rings is 1. The Balaban J connectivity index is 0.00000121. The summed E-state index contributed by atoms with van der Waals surface area (Å²) in [5, 5.41) is 3.43. The summed E-state index contributed by atoms with van der Waals surface area (Å²) >= 11 is 0. The zero-order chi connectivity index (χ0) is 13.9. The van der Waals surface area contributed by atoms with E-state index in [1.807, 2.05) is 6.07 Å². The minimum atomic E-state index is 0. The molecule has 1 saturated carbocycles. The highest BCUT2D eigenvalue weighted by Crippen LogP contribution is 2.47. The molecule has 4 nitrogen and oxygen atoms in total. The molecule has 0 amide bonds. The van der Waals surface area contributed by atoms with Gasteiger partial charge < -0.3 is 14.8 Å². The van der Waals surface area contributed by atoms with E-state index in [0.29, 0.717) is 6.04 Å². The average Bonchev–Trinajstić information content (AvgIpc) is 3.33. The van der Waals surface area contributed by atoms with Gasteiger partial charge in [-0.15, -0.1) is 24.8 Å². The zero-order valence-corrected chi connectivity index (χ0v) is 14.8. The minimum absolute atomic E-state index is 0. The number of ether oxygens (including phenoxy) is 2. The van der Waals surface area contributed by atoms with Crippen LogP contribution in [-0.4, -0.2) is 45.3 Å². The van der Waals surface area contributed by atoms with Crippen molar-refractivity contribution in [1.82, 2.24) is 10.2 Å². The van der Waals surface area contributed by atoms with E-state index in [1.165, 1.54) is 18.4 Å². The number of halogens is 2. The van der Waals surface area contributed by atoms with E-state index in [1.54, 1.807) is 14.2 Å². The molecule has 0 bridgehead atoms. The number of hydrogen-bond donors (Lipinski definition) is 1. The van der Waals surface area contributed by atoms with Gasteiger partial charge in [-0.2, -0.15) is 0 Å². The highest BCUT2D eigenvalue weighted by molar-refractivity contribution is 5.85. The van der Waals surface area contributed by atoms with Crippen LogP contribution < -0.4 is 14.8 Å². The summed E-state index contributed by atoms with van der Waals surface area (Å²) in [6, 6.07) is 6.74. The van der Waals surface area contributed by atoms with Crippen LogP contribution >= 0.6 is 24.8 Å². The molecule has 22 heavy (non-hydrogen) atoms. The van der Waals surface area contributed by atoms with Crippen LogP contribution in [0.3, 0.4) is 0 Å². The molecule has 3 rings (SSSR count). The molecule has 2 fully saturated rings. The van der Waals surface area contributed by atoms with E-state index in [9.17, 15) is 0 Å². The van der Waals surface area contributed by atoms with Crippen LogP contribution in [0.2, 0.25) is 0 Å². The summed E-state index contributed by atoms with van der Waals surface area (Å²) in [6.07, 6.45) is 2.67. The fraction of sp³-hybridized carbons (Fsp3) is 0.625. The third kappa shape index (κ3) is 4.19. The topological polar surface area (TPSA) is 33.7 Å². The molecule has 1 aromatic rings. The Morgan fingerprint density at radius 3 is 2.32 bits per heavy atom. The molecule has 0 radical (unpaired) electrons. The van der Waals surface area contributed by atoms with Gasteiger partial charge in [0.15, 0.2) is 0 Å². The van der Waals surface area contributed by atoms with Gasteiger partial charge >= 0.3 is 0 Å². The van der Waals surface area contributed by atoms with Gasteiger partial charge in [0.1, 0.15) is 11.5 Å². The lowest BCUT2D eigenvalue weighted by Crippen LogP contribution is -2.45. The number of nitrogens with zero attached hydrogens (tertiary/aromatic N) is 1. The monoisotopic (exact) mass is 348 g/mol. The van der Waals surface area contributed by atoms with Crippen molar-refractivity contribution in [2.75, 3.05) is 40.4 Å². The van der Waals surface area contributed by atoms with Crippen molar-refractivity contribution in [2.45, 2.75) is 18.9 Å². The van der Waals surface area contributed by atoms with Crippen molar-refractivity contribution in [1.29, 1.82) is 0 Å². The second kappa shape index (κ2) is 8.82. The molecular weight excluding hydrogens is 323 g/mol. The van der Waals surface area contributed by atoms with Crippen LogP contribution in [0.15, 0.2) is 18.2 Å². The lowest BCUT2D eigenvalue weighted by molar-refractivity contribution is 0.153. The van der Waals surface area contributed by atoms with Crippen LogP contribution in [0.5, 0.6) is 11.5 Å². The Bertz CT molecular complexity index is 463. The maximum atomic E-state index is 5.62. The largest absolute Gasteiger partial charge is 0.497 e. The van der Waals surface area contributed by atoms with Crippen LogP contribution in [0.1, 0.15) is 24.4 Å². The molecule has 2 aliphatic rings. The molecule has 0 spiro atoms. The number of methoxy groups -OCH3 is 2. The van der Waals surface area contributed by atoms with Gasteiger partial charge in [0, 0.05) is 43.9 Å². The quantitative estimate of drug-likeness (QED) is 0.886. The molecule has 1 aliphatic carbocycles. The Morgan fingerprint density at radius 1 is 1.09 bits per heavy atom. The normalized spacial score (nSPS) is 19.5. The summed E-state index contributed by atoms with van der Waals surface area (Å²) in [5.41, 5.74) is 1.32. The van der Waals surface area contributed by atoms with Gasteiger partial charge in [0.05, 0.1) is 14.2 Å². The molecule has 1 atom stereocenters. The fourth-order valence-electron chi connectivity index (χ4n) is 3.18. The molecule has 1 N–H and O–H groups in total. The van der Waals surface area contributed by atoms with Gasteiger partial charge in [-0.3, -0.25) is 4.90 Å². The van der Waals surface area contributed by atoms with Gasteiger partial charge in [-0.25, -0.2) is 0 Å². The lowest BCUT2D eigenvalue weighted by atomic mass is 9.98. The van der Waals surface area contributed by atoms with Crippen LogP contribution in [0.25, 0.3) is 0 Å². The van der Waals surface area contributed by atoms with Gasteiger partial charge in [-0.1, -0.05) is 6.07 Å². The maximum absolute atomic E-state index is 5.62. The second-order valence-electron chi connectivity index (χ2n) is 5.68. The minimum Gasteiger partial charge on any atom is -0.497 e. The van der Waals surface area contributed by atoms with Gasteiger partial charge in [0.2, 0.25) is 0 Å². The molecule has 0 aromatic heterocycles. The van der Waals surface area contributed by atoms with E-state index < -0.39 is 0 Å². The summed E-state index contributed by atoms with van der Waals surface area (Å²) < 4.78 is 10.9. The smallest absolute Gasteiger partial charge is 0.127 e. The molecule has 126 valence electrons. The number of rotatable bonds is 5. The Kier molecular flexibility index (Phi) is 7.77.